The molecule has 3 rings (SSSR count). The van der Waals surface area contributed by atoms with E-state index in [0.29, 0.717) is 17.0 Å². The fourth-order valence-corrected chi connectivity index (χ4v) is 2.06. The standard InChI is InChI=1S/C14H12F3N5O/c1-2-10(14(15,16)17)23-12-4-3-9(7-19-12)13-21-20-11-8-18-5-6-22(11)13/h3-8,10H,2H2,1H3. The first-order chi connectivity index (χ1) is 11.0. The molecule has 0 N–H and O–H groups in total. The fraction of sp³-hybridized carbons (Fsp3) is 0.286. The van der Waals surface area contributed by atoms with Crippen molar-refractivity contribution in [3.8, 4) is 17.3 Å². The molecule has 0 aliphatic carbocycles. The van der Waals surface area contributed by atoms with E-state index in [1.54, 1.807) is 29.1 Å². The lowest BCUT2D eigenvalue weighted by Crippen LogP contribution is -2.33. The summed E-state index contributed by atoms with van der Waals surface area (Å²) in [6, 6.07) is 2.97. The summed E-state index contributed by atoms with van der Waals surface area (Å²) in [5, 5.41) is 7.98. The third-order valence-corrected chi connectivity index (χ3v) is 3.21. The minimum absolute atomic E-state index is 0.0894. The van der Waals surface area contributed by atoms with Gasteiger partial charge in [0.25, 0.3) is 0 Å². The smallest absolute Gasteiger partial charge is 0.425 e. The second-order valence-corrected chi connectivity index (χ2v) is 4.77. The number of hydrogen-bond donors (Lipinski definition) is 0. The summed E-state index contributed by atoms with van der Waals surface area (Å²) in [5.74, 6) is 0.428. The Labute approximate surface area is 129 Å². The number of aromatic nitrogens is 5. The van der Waals surface area contributed by atoms with E-state index in [2.05, 4.69) is 20.2 Å². The SMILES string of the molecule is CCC(Oc1ccc(-c2nnc3cnccn23)cn1)C(F)(F)F. The van der Waals surface area contributed by atoms with Crippen LogP contribution in [0.1, 0.15) is 13.3 Å². The molecule has 0 aliphatic rings. The number of pyridine rings is 1. The zero-order chi connectivity index (χ0) is 16.4. The van der Waals surface area contributed by atoms with Crippen LogP contribution in [0.3, 0.4) is 0 Å². The molecule has 23 heavy (non-hydrogen) atoms. The zero-order valence-corrected chi connectivity index (χ0v) is 12.0. The van der Waals surface area contributed by atoms with Crippen molar-refractivity contribution in [2.45, 2.75) is 25.6 Å². The van der Waals surface area contributed by atoms with Crippen molar-refractivity contribution in [2.24, 2.45) is 0 Å². The first-order valence-electron chi connectivity index (χ1n) is 6.83. The van der Waals surface area contributed by atoms with Gasteiger partial charge in [-0.3, -0.25) is 9.38 Å². The van der Waals surface area contributed by atoms with E-state index in [1.807, 2.05) is 0 Å². The largest absolute Gasteiger partial charge is 0.465 e. The maximum absolute atomic E-state index is 12.7. The Morgan fingerprint density at radius 3 is 2.70 bits per heavy atom. The highest BCUT2D eigenvalue weighted by atomic mass is 19.4. The van der Waals surface area contributed by atoms with Crippen molar-refractivity contribution in [1.82, 2.24) is 24.6 Å². The molecule has 0 spiro atoms. The first kappa shape index (κ1) is 15.2. The average Bonchev–Trinajstić information content (AvgIpc) is 2.96. The number of alkyl halides is 3. The van der Waals surface area contributed by atoms with Crippen LogP contribution in [0.25, 0.3) is 17.0 Å². The molecular weight excluding hydrogens is 311 g/mol. The van der Waals surface area contributed by atoms with Crippen molar-refractivity contribution < 1.29 is 17.9 Å². The maximum atomic E-state index is 12.7. The van der Waals surface area contributed by atoms with Gasteiger partial charge < -0.3 is 4.74 Å². The van der Waals surface area contributed by atoms with Crippen molar-refractivity contribution in [1.29, 1.82) is 0 Å². The Bertz CT molecular complexity index is 800. The molecule has 0 amide bonds. The zero-order valence-electron chi connectivity index (χ0n) is 12.0. The van der Waals surface area contributed by atoms with Crippen molar-refractivity contribution in [3.63, 3.8) is 0 Å². The van der Waals surface area contributed by atoms with Gasteiger partial charge in [-0.05, 0) is 12.5 Å². The third kappa shape index (κ3) is 3.08. The van der Waals surface area contributed by atoms with E-state index in [9.17, 15) is 13.2 Å². The lowest BCUT2D eigenvalue weighted by atomic mass is 10.2. The summed E-state index contributed by atoms with van der Waals surface area (Å²) in [6.45, 7) is 1.41. The molecule has 1 atom stereocenters. The van der Waals surface area contributed by atoms with Crippen LogP contribution in [0.2, 0.25) is 0 Å². The van der Waals surface area contributed by atoms with Crippen LogP contribution >= 0.6 is 0 Å². The van der Waals surface area contributed by atoms with Gasteiger partial charge in [-0.1, -0.05) is 6.92 Å². The summed E-state index contributed by atoms with van der Waals surface area (Å²) in [4.78, 5) is 7.86. The van der Waals surface area contributed by atoms with E-state index in [-0.39, 0.29) is 12.3 Å². The van der Waals surface area contributed by atoms with E-state index in [0.717, 1.165) is 0 Å². The van der Waals surface area contributed by atoms with Crippen LogP contribution in [-0.4, -0.2) is 36.8 Å². The Balaban J connectivity index is 1.85. The molecule has 3 heterocycles. The Kier molecular flexibility index (Phi) is 3.85. The first-order valence-corrected chi connectivity index (χ1v) is 6.83. The van der Waals surface area contributed by atoms with Gasteiger partial charge >= 0.3 is 6.18 Å². The van der Waals surface area contributed by atoms with Crippen LogP contribution in [0.4, 0.5) is 13.2 Å². The minimum Gasteiger partial charge on any atom is -0.465 e. The molecular formula is C14H12F3N5O. The van der Waals surface area contributed by atoms with Crippen LogP contribution in [0.5, 0.6) is 5.88 Å². The van der Waals surface area contributed by atoms with Gasteiger partial charge in [0.05, 0.1) is 6.20 Å². The second-order valence-electron chi connectivity index (χ2n) is 4.77. The van der Waals surface area contributed by atoms with E-state index in [1.165, 1.54) is 19.2 Å². The quantitative estimate of drug-likeness (QED) is 0.738. The average molecular weight is 323 g/mol. The molecule has 0 aliphatic heterocycles. The van der Waals surface area contributed by atoms with Crippen LogP contribution < -0.4 is 4.74 Å². The van der Waals surface area contributed by atoms with Gasteiger partial charge in [-0.25, -0.2) is 4.98 Å². The van der Waals surface area contributed by atoms with E-state index < -0.39 is 12.3 Å². The number of nitrogens with zero attached hydrogens (tertiary/aromatic N) is 5. The number of rotatable bonds is 4. The molecule has 0 saturated heterocycles. The Hall–Kier alpha value is -2.71. The van der Waals surface area contributed by atoms with Crippen LogP contribution in [-0.2, 0) is 0 Å². The molecule has 0 saturated carbocycles. The Morgan fingerprint density at radius 1 is 1.22 bits per heavy atom. The lowest BCUT2D eigenvalue weighted by Gasteiger charge is -2.19. The van der Waals surface area contributed by atoms with Crippen molar-refractivity contribution >= 4 is 5.65 Å². The van der Waals surface area contributed by atoms with Gasteiger partial charge in [0.2, 0.25) is 5.88 Å². The predicted molar refractivity (Wildman–Crippen MR) is 74.8 cm³/mol. The van der Waals surface area contributed by atoms with E-state index >= 15 is 0 Å². The number of fused-ring (bicyclic) bond motifs is 1. The predicted octanol–water partition coefficient (Wildman–Crippen LogP) is 2.91. The molecule has 6 nitrogen and oxygen atoms in total. The number of ether oxygens (including phenoxy) is 1. The van der Waals surface area contributed by atoms with Crippen LogP contribution in [0, 0.1) is 0 Å². The van der Waals surface area contributed by atoms with Gasteiger partial charge in [0.15, 0.2) is 17.6 Å². The summed E-state index contributed by atoms with van der Waals surface area (Å²) >= 11 is 0. The molecule has 9 heteroatoms. The Morgan fingerprint density at radius 2 is 2.04 bits per heavy atom. The van der Waals surface area contributed by atoms with Crippen LogP contribution in [0.15, 0.2) is 36.9 Å². The van der Waals surface area contributed by atoms with Gasteiger partial charge in [0, 0.05) is 30.2 Å². The van der Waals surface area contributed by atoms with Gasteiger partial charge in [0.1, 0.15) is 0 Å². The molecule has 120 valence electrons. The summed E-state index contributed by atoms with van der Waals surface area (Å²) in [7, 11) is 0. The number of hydrogen-bond acceptors (Lipinski definition) is 5. The molecule has 1 unspecified atom stereocenters. The summed E-state index contributed by atoms with van der Waals surface area (Å²) in [5.41, 5.74) is 1.17. The highest BCUT2D eigenvalue weighted by molar-refractivity contribution is 5.58. The van der Waals surface area contributed by atoms with Gasteiger partial charge in [-0.15, -0.1) is 10.2 Å². The monoisotopic (exact) mass is 323 g/mol. The number of halogens is 3. The normalized spacial score (nSPS) is 13.2. The second kappa shape index (κ2) is 5.82. The summed E-state index contributed by atoms with van der Waals surface area (Å²) in [6.07, 6.45) is -0.265. The molecule has 0 bridgehead atoms. The lowest BCUT2D eigenvalue weighted by molar-refractivity contribution is -0.196. The highest BCUT2D eigenvalue weighted by Crippen LogP contribution is 2.27. The molecule has 0 radical (unpaired) electrons. The van der Waals surface area contributed by atoms with Crippen molar-refractivity contribution in [3.05, 3.63) is 36.9 Å². The molecule has 3 aromatic heterocycles. The third-order valence-electron chi connectivity index (χ3n) is 3.21. The summed E-state index contributed by atoms with van der Waals surface area (Å²) < 4.78 is 44.7. The molecule has 3 aromatic rings. The molecule has 0 fully saturated rings. The van der Waals surface area contributed by atoms with E-state index in [4.69, 9.17) is 4.74 Å². The minimum atomic E-state index is -4.43. The van der Waals surface area contributed by atoms with Crippen molar-refractivity contribution in [2.75, 3.05) is 0 Å². The highest BCUT2D eigenvalue weighted by Gasteiger charge is 2.40. The fourth-order valence-electron chi connectivity index (χ4n) is 2.06. The topological polar surface area (TPSA) is 65.2 Å². The van der Waals surface area contributed by atoms with Gasteiger partial charge in [-0.2, -0.15) is 13.2 Å². The maximum Gasteiger partial charge on any atom is 0.425 e. The molecule has 0 aromatic carbocycles.